The molecule has 1 aromatic rings. The lowest BCUT2D eigenvalue weighted by molar-refractivity contribution is -0.144. The first-order valence-corrected chi connectivity index (χ1v) is 12.7. The number of likely N-dealkylation sites (tertiary alicyclic amines) is 1. The van der Waals surface area contributed by atoms with Gasteiger partial charge in [-0.25, -0.2) is 0 Å². The van der Waals surface area contributed by atoms with Crippen molar-refractivity contribution in [2.75, 3.05) is 13.1 Å². The molecule has 0 aromatic heterocycles. The summed E-state index contributed by atoms with van der Waals surface area (Å²) in [6.07, 6.45) is 4.55. The number of amides is 1. The maximum Gasteiger partial charge on any atom is 0.255 e. The van der Waals surface area contributed by atoms with Gasteiger partial charge in [-0.15, -0.1) is 0 Å². The van der Waals surface area contributed by atoms with Crippen LogP contribution in [0.15, 0.2) is 28.7 Å². The largest absolute Gasteiger partial charge is 0.511 e. The number of ketones is 2. The van der Waals surface area contributed by atoms with Crippen molar-refractivity contribution in [3.8, 4) is 5.75 Å². The molecular weight excluding hydrogens is 488 g/mol. The van der Waals surface area contributed by atoms with Gasteiger partial charge < -0.3 is 26.2 Å². The van der Waals surface area contributed by atoms with Crippen LogP contribution >= 0.6 is 11.6 Å². The number of carbonyl (C=O) groups is 3. The van der Waals surface area contributed by atoms with E-state index in [0.717, 1.165) is 25.9 Å². The third kappa shape index (κ3) is 3.64. The topological polar surface area (TPSA) is 161 Å². The number of nitrogens with zero attached hydrogens (tertiary/aromatic N) is 1. The van der Waals surface area contributed by atoms with E-state index in [1.54, 1.807) is 0 Å². The zero-order valence-electron chi connectivity index (χ0n) is 19.7. The van der Waals surface area contributed by atoms with Gasteiger partial charge in [0.2, 0.25) is 5.78 Å². The minimum Gasteiger partial charge on any atom is -0.511 e. The Morgan fingerprint density at radius 3 is 2.42 bits per heavy atom. The van der Waals surface area contributed by atoms with E-state index in [4.69, 9.17) is 17.3 Å². The fraction of sp³-hybridized carbons (Fsp3) is 0.500. The Labute approximate surface area is 212 Å². The normalized spacial score (nSPS) is 28.9. The number of primary amides is 1. The molecule has 1 aliphatic heterocycles. The van der Waals surface area contributed by atoms with Gasteiger partial charge in [0.05, 0.1) is 5.56 Å². The van der Waals surface area contributed by atoms with Crippen molar-refractivity contribution in [3.05, 3.63) is 50.4 Å². The minimum atomic E-state index is -2.57. The van der Waals surface area contributed by atoms with Crippen LogP contribution in [-0.2, 0) is 22.6 Å². The molecule has 192 valence electrons. The summed E-state index contributed by atoms with van der Waals surface area (Å²) in [4.78, 5) is 40.6. The number of carbonyl (C=O) groups excluding carboxylic acids is 3. The zero-order valence-corrected chi connectivity index (χ0v) is 20.5. The lowest BCUT2D eigenvalue weighted by atomic mass is 9.60. The Bertz CT molecular complexity index is 1250. The van der Waals surface area contributed by atoms with Gasteiger partial charge in [-0.1, -0.05) is 24.4 Å². The Morgan fingerprint density at radius 1 is 1.11 bits per heavy atom. The summed E-state index contributed by atoms with van der Waals surface area (Å²) in [5.74, 6) is -6.44. The number of phenols is 1. The predicted molar refractivity (Wildman–Crippen MR) is 130 cm³/mol. The average molecular weight is 517 g/mol. The molecule has 0 bridgehead atoms. The molecule has 4 aliphatic rings. The molecule has 0 radical (unpaired) electrons. The van der Waals surface area contributed by atoms with Crippen molar-refractivity contribution in [1.82, 2.24) is 4.90 Å². The number of fused-ring (bicyclic) bond motifs is 3. The number of halogens is 1. The van der Waals surface area contributed by atoms with Crippen LogP contribution in [0.1, 0.15) is 60.0 Å². The van der Waals surface area contributed by atoms with Crippen LogP contribution in [0.3, 0.4) is 0 Å². The molecule has 9 nitrogen and oxygen atoms in total. The predicted octanol–water partition coefficient (Wildman–Crippen LogP) is 2.61. The van der Waals surface area contributed by atoms with Crippen LogP contribution in [0.25, 0.3) is 0 Å². The Morgan fingerprint density at radius 2 is 1.78 bits per heavy atom. The van der Waals surface area contributed by atoms with E-state index in [1.165, 1.54) is 18.9 Å². The second-order valence-corrected chi connectivity index (χ2v) is 10.7. The smallest absolute Gasteiger partial charge is 0.255 e. The first-order chi connectivity index (χ1) is 17.1. The standard InChI is InChI=1S/C26H29ClN2O7/c27-21-13(11-29-5-3-1-2-4-6-29)9-16(30)19-15(21)8-12-7-14-10-17(31)20(25(28)35)24(34)26(14,36)23(33)18(12)22(19)32/h9,12,14,30-31,33,36H,1-8,10-11H2,(H2,28,35)/t12?,14-,26-/m0/s1. The van der Waals surface area contributed by atoms with Crippen molar-refractivity contribution in [1.29, 1.82) is 0 Å². The number of allylic oxidation sites excluding steroid dienone is 2. The van der Waals surface area contributed by atoms with Crippen LogP contribution in [0.5, 0.6) is 5.75 Å². The minimum absolute atomic E-state index is 0.0590. The second-order valence-electron chi connectivity index (χ2n) is 10.3. The van der Waals surface area contributed by atoms with E-state index in [2.05, 4.69) is 4.90 Å². The van der Waals surface area contributed by atoms with Crippen LogP contribution in [0.4, 0.5) is 0 Å². The summed E-state index contributed by atoms with van der Waals surface area (Å²) in [6.45, 7) is 2.39. The van der Waals surface area contributed by atoms with Crippen molar-refractivity contribution in [2.45, 2.75) is 57.1 Å². The highest BCUT2D eigenvalue weighted by atomic mass is 35.5. The van der Waals surface area contributed by atoms with E-state index < -0.39 is 52.0 Å². The number of aliphatic hydroxyl groups excluding tert-OH is 2. The van der Waals surface area contributed by atoms with E-state index in [-0.39, 0.29) is 36.1 Å². The maximum absolute atomic E-state index is 13.6. The molecule has 6 N–H and O–H groups in total. The van der Waals surface area contributed by atoms with E-state index in [1.807, 2.05) is 0 Å². The molecule has 10 heteroatoms. The number of phenolic OH excluding ortho intramolecular Hbond substituents is 1. The molecule has 1 aromatic carbocycles. The molecule has 3 atom stereocenters. The number of benzene rings is 1. The summed E-state index contributed by atoms with van der Waals surface area (Å²) in [5.41, 5.74) is 2.80. The number of hydrogen-bond donors (Lipinski definition) is 5. The summed E-state index contributed by atoms with van der Waals surface area (Å²) in [7, 11) is 0. The van der Waals surface area contributed by atoms with Gasteiger partial charge >= 0.3 is 0 Å². The molecule has 3 aliphatic carbocycles. The summed E-state index contributed by atoms with van der Waals surface area (Å²) >= 11 is 6.79. The van der Waals surface area contributed by atoms with Gasteiger partial charge in [-0.2, -0.15) is 0 Å². The average Bonchev–Trinajstić information content (AvgIpc) is 3.08. The molecule has 1 heterocycles. The molecule has 5 rings (SSSR count). The van der Waals surface area contributed by atoms with E-state index in [0.29, 0.717) is 22.7 Å². The van der Waals surface area contributed by atoms with Crippen LogP contribution in [0, 0.1) is 11.8 Å². The molecule has 1 fully saturated rings. The van der Waals surface area contributed by atoms with Crippen LogP contribution in [0.2, 0.25) is 5.02 Å². The maximum atomic E-state index is 13.6. The first kappa shape index (κ1) is 24.8. The van der Waals surface area contributed by atoms with Gasteiger partial charge in [0.1, 0.15) is 22.8 Å². The highest BCUT2D eigenvalue weighted by Crippen LogP contribution is 2.52. The van der Waals surface area contributed by atoms with Crippen molar-refractivity contribution in [2.24, 2.45) is 17.6 Å². The quantitative estimate of drug-likeness (QED) is 0.383. The highest BCUT2D eigenvalue weighted by molar-refractivity contribution is 6.33. The summed E-state index contributed by atoms with van der Waals surface area (Å²) in [5, 5.41) is 43.9. The zero-order chi connectivity index (χ0) is 25.9. The fourth-order valence-electron chi connectivity index (χ4n) is 6.37. The molecule has 0 spiro atoms. The van der Waals surface area contributed by atoms with Gasteiger partial charge in [0.15, 0.2) is 11.4 Å². The van der Waals surface area contributed by atoms with Crippen molar-refractivity contribution < 1.29 is 34.8 Å². The number of rotatable bonds is 3. The number of aromatic hydroxyl groups is 1. The van der Waals surface area contributed by atoms with Crippen LogP contribution < -0.4 is 5.73 Å². The SMILES string of the molecule is NC(=O)C1=C(O)C[C@@H]2CC3Cc4c(Cl)c(CN5CCCCCC5)cc(O)c4C(=O)C3=C(O)[C@]2(O)C1=O. The van der Waals surface area contributed by atoms with E-state index >= 15 is 0 Å². The second kappa shape index (κ2) is 8.90. The lowest BCUT2D eigenvalue weighted by Crippen LogP contribution is -2.57. The van der Waals surface area contributed by atoms with Gasteiger partial charge in [-0.3, -0.25) is 19.3 Å². The monoisotopic (exact) mass is 516 g/mol. The van der Waals surface area contributed by atoms with Gasteiger partial charge in [0, 0.05) is 29.5 Å². The fourth-order valence-corrected chi connectivity index (χ4v) is 6.66. The Hall–Kier alpha value is -2.88. The Kier molecular flexibility index (Phi) is 6.13. The molecule has 0 saturated carbocycles. The summed E-state index contributed by atoms with van der Waals surface area (Å²) < 4.78 is 0. The Balaban J connectivity index is 1.56. The summed E-state index contributed by atoms with van der Waals surface area (Å²) in [6, 6.07) is 1.47. The number of aliphatic hydroxyl groups is 3. The highest BCUT2D eigenvalue weighted by Gasteiger charge is 2.59. The number of Topliss-reactive ketones (excluding diaryl/α,β-unsaturated/α-hetero) is 2. The van der Waals surface area contributed by atoms with Crippen molar-refractivity contribution >= 4 is 29.1 Å². The third-order valence-electron chi connectivity index (χ3n) is 8.16. The molecule has 36 heavy (non-hydrogen) atoms. The molecule has 1 amide bonds. The van der Waals surface area contributed by atoms with Crippen LogP contribution in [-0.4, -0.2) is 61.5 Å². The molecule has 1 unspecified atom stereocenters. The van der Waals surface area contributed by atoms with E-state index in [9.17, 15) is 34.8 Å². The number of hydrogen-bond acceptors (Lipinski definition) is 8. The van der Waals surface area contributed by atoms with Crippen molar-refractivity contribution in [3.63, 3.8) is 0 Å². The lowest BCUT2D eigenvalue weighted by Gasteiger charge is -2.45. The molecule has 1 saturated heterocycles. The third-order valence-corrected chi connectivity index (χ3v) is 8.63. The first-order valence-electron chi connectivity index (χ1n) is 12.3. The van der Waals surface area contributed by atoms with Gasteiger partial charge in [0.25, 0.3) is 5.91 Å². The molecular formula is C26H29ClN2O7. The van der Waals surface area contributed by atoms with Gasteiger partial charge in [-0.05, 0) is 61.9 Å². The number of nitrogens with two attached hydrogens (primary N) is 1.